The van der Waals surface area contributed by atoms with Crippen molar-refractivity contribution < 1.29 is 28.9 Å². The van der Waals surface area contributed by atoms with Crippen LogP contribution in [0.1, 0.15) is 73.4 Å². The molecule has 214 valence electrons. The smallest absolute Gasteiger partial charge is 0.251 e. The Labute approximate surface area is 239 Å². The lowest BCUT2D eigenvalue weighted by Crippen LogP contribution is -2.48. The Bertz CT molecular complexity index is 1570. The molecule has 1 saturated heterocycles. The van der Waals surface area contributed by atoms with Gasteiger partial charge in [-0.3, -0.25) is 9.59 Å². The van der Waals surface area contributed by atoms with Crippen molar-refractivity contribution in [2.24, 2.45) is 0 Å². The number of fused-ring (bicyclic) bond motifs is 6. The van der Waals surface area contributed by atoms with Gasteiger partial charge in [-0.25, -0.2) is 0 Å². The van der Waals surface area contributed by atoms with E-state index >= 15 is 0 Å². The van der Waals surface area contributed by atoms with E-state index in [4.69, 9.17) is 14.2 Å². The molecule has 0 spiro atoms. The number of Topliss-reactive ketones (excluding diaryl/α,β-unsaturated/α-hetero) is 1. The van der Waals surface area contributed by atoms with E-state index in [2.05, 4.69) is 10.6 Å². The lowest BCUT2D eigenvalue weighted by molar-refractivity contribution is -0.139. The number of rotatable bonds is 4. The number of ketones is 1. The topological polar surface area (TPSA) is 90.2 Å². The molecule has 3 aromatic rings. The summed E-state index contributed by atoms with van der Waals surface area (Å²) in [4.78, 5) is 28.7. The molecule has 2 fully saturated rings. The molecular formula is C33H36N2O6. The first-order chi connectivity index (χ1) is 19.9. The van der Waals surface area contributed by atoms with Crippen molar-refractivity contribution in [3.05, 3.63) is 52.6 Å². The summed E-state index contributed by atoms with van der Waals surface area (Å²) >= 11 is 0. The first-order valence-electron chi connectivity index (χ1n) is 14.8. The third-order valence-electron chi connectivity index (χ3n) is 9.02. The standard InChI is InChI=1S/C33H36N2O6/c1-19-14-34(15-20(2)41-19)33(38)24-10-23-12-29-30(40-18-39-29)13-26(23)32-31(21-6-4-3-5-7-21)25-9-8-22(28(37)17-36)11-27(25)35(32)16-24/h8-13,19-21,36H,3-7,14-18H2,1-2H3/t19-,20+. The molecule has 2 aromatic carbocycles. The summed E-state index contributed by atoms with van der Waals surface area (Å²) < 4.78 is 19.7. The van der Waals surface area contributed by atoms with E-state index in [-0.39, 0.29) is 30.7 Å². The van der Waals surface area contributed by atoms with Gasteiger partial charge in [-0.05, 0) is 68.0 Å². The highest BCUT2D eigenvalue weighted by Gasteiger charge is 2.34. The van der Waals surface area contributed by atoms with Gasteiger partial charge in [-0.1, -0.05) is 31.4 Å². The number of nitrogens with zero attached hydrogens (tertiary/aromatic N) is 2. The zero-order chi connectivity index (χ0) is 28.2. The minimum atomic E-state index is -0.544. The van der Waals surface area contributed by atoms with Gasteiger partial charge in [0, 0.05) is 40.7 Å². The van der Waals surface area contributed by atoms with Crippen LogP contribution in [0.5, 0.6) is 11.5 Å². The molecule has 0 bridgehead atoms. The van der Waals surface area contributed by atoms with Gasteiger partial charge in [0.25, 0.3) is 5.91 Å². The number of hydrogen-bond donors (Lipinski definition) is 1. The molecule has 4 heterocycles. The van der Waals surface area contributed by atoms with E-state index in [1.165, 1.54) is 24.8 Å². The van der Waals surface area contributed by atoms with Crippen LogP contribution in [0.2, 0.25) is 0 Å². The molecule has 8 heteroatoms. The second kappa shape index (κ2) is 10.3. The molecule has 7 rings (SSSR count). The van der Waals surface area contributed by atoms with Gasteiger partial charge >= 0.3 is 0 Å². The summed E-state index contributed by atoms with van der Waals surface area (Å²) in [6.07, 6.45) is 7.74. The number of ether oxygens (including phenoxy) is 3. The SMILES string of the molecule is C[C@@H]1CN(C(=O)C2=Cc3cc4c(cc3-c3c(C5CCCCC5)c5ccc(C(=O)CO)cc5n3C2)OCO4)C[C@H](C)O1. The highest BCUT2D eigenvalue weighted by Crippen LogP contribution is 2.49. The van der Waals surface area contributed by atoms with Crippen LogP contribution in [-0.4, -0.2) is 65.0 Å². The van der Waals surface area contributed by atoms with Crippen LogP contribution in [0.25, 0.3) is 28.2 Å². The van der Waals surface area contributed by atoms with Crippen LogP contribution in [0.4, 0.5) is 0 Å². The van der Waals surface area contributed by atoms with E-state index < -0.39 is 6.61 Å². The average molecular weight is 557 g/mol. The average Bonchev–Trinajstić information content (AvgIpc) is 3.52. The van der Waals surface area contributed by atoms with E-state index in [0.717, 1.165) is 40.6 Å². The van der Waals surface area contributed by atoms with Gasteiger partial charge in [0.05, 0.1) is 24.4 Å². The minimum absolute atomic E-state index is 0.00729. The number of aromatic nitrogens is 1. The number of amides is 1. The van der Waals surface area contributed by atoms with Crippen LogP contribution in [0, 0.1) is 0 Å². The van der Waals surface area contributed by atoms with Crippen molar-refractivity contribution in [1.29, 1.82) is 0 Å². The van der Waals surface area contributed by atoms with Crippen molar-refractivity contribution in [3.63, 3.8) is 0 Å². The van der Waals surface area contributed by atoms with Crippen molar-refractivity contribution in [2.45, 2.75) is 70.6 Å². The predicted molar refractivity (Wildman–Crippen MR) is 155 cm³/mol. The molecule has 1 aliphatic carbocycles. The Hall–Kier alpha value is -3.62. The molecule has 4 aliphatic rings. The molecule has 1 N–H and O–H groups in total. The highest BCUT2D eigenvalue weighted by molar-refractivity contribution is 6.05. The Balaban J connectivity index is 1.47. The van der Waals surface area contributed by atoms with Crippen molar-refractivity contribution in [3.8, 4) is 22.8 Å². The van der Waals surface area contributed by atoms with Crippen molar-refractivity contribution >= 4 is 28.7 Å². The Morgan fingerprint density at radius 3 is 2.44 bits per heavy atom. The first-order valence-corrected chi connectivity index (χ1v) is 14.8. The first kappa shape index (κ1) is 26.3. The van der Waals surface area contributed by atoms with E-state index in [1.807, 2.05) is 49.1 Å². The molecule has 3 aliphatic heterocycles. The number of carbonyl (C=O) groups is 2. The molecular weight excluding hydrogens is 520 g/mol. The van der Waals surface area contributed by atoms with Gasteiger partial charge < -0.3 is 28.8 Å². The Kier molecular flexibility index (Phi) is 6.63. The molecule has 41 heavy (non-hydrogen) atoms. The second-order valence-corrected chi connectivity index (χ2v) is 11.9. The molecule has 1 amide bonds. The monoisotopic (exact) mass is 556 g/mol. The van der Waals surface area contributed by atoms with Crippen LogP contribution in [0.15, 0.2) is 35.9 Å². The summed E-state index contributed by atoms with van der Waals surface area (Å²) in [5.41, 5.74) is 6.35. The molecule has 1 saturated carbocycles. The fraction of sp³-hybridized carbons (Fsp3) is 0.455. The highest BCUT2D eigenvalue weighted by atomic mass is 16.7. The minimum Gasteiger partial charge on any atom is -0.454 e. The van der Waals surface area contributed by atoms with Gasteiger partial charge in [0.2, 0.25) is 6.79 Å². The number of carbonyl (C=O) groups excluding carboxylic acids is 2. The zero-order valence-corrected chi connectivity index (χ0v) is 23.7. The van der Waals surface area contributed by atoms with E-state index in [0.29, 0.717) is 48.2 Å². The summed E-state index contributed by atoms with van der Waals surface area (Å²) in [5.74, 6) is 1.43. The van der Waals surface area contributed by atoms with E-state index in [9.17, 15) is 14.7 Å². The van der Waals surface area contributed by atoms with Gasteiger partial charge in [0.15, 0.2) is 17.3 Å². The number of morpholine rings is 1. The fourth-order valence-corrected chi connectivity index (χ4v) is 7.26. The molecule has 0 unspecified atom stereocenters. The lowest BCUT2D eigenvalue weighted by atomic mass is 9.81. The van der Waals surface area contributed by atoms with Crippen LogP contribution >= 0.6 is 0 Å². The van der Waals surface area contributed by atoms with Crippen LogP contribution in [0.3, 0.4) is 0 Å². The van der Waals surface area contributed by atoms with Gasteiger partial charge in [-0.2, -0.15) is 0 Å². The molecule has 0 radical (unpaired) electrons. The summed E-state index contributed by atoms with van der Waals surface area (Å²) in [5, 5.41) is 10.7. The normalized spacial score (nSPS) is 22.2. The zero-order valence-electron chi connectivity index (χ0n) is 23.7. The number of aliphatic hydroxyl groups excluding tert-OH is 1. The summed E-state index contributed by atoms with van der Waals surface area (Å²) in [7, 11) is 0. The van der Waals surface area contributed by atoms with E-state index in [1.54, 1.807) is 0 Å². The summed E-state index contributed by atoms with van der Waals surface area (Å²) in [6.45, 7) is 5.07. The molecule has 2 atom stereocenters. The number of benzene rings is 2. The third-order valence-corrected chi connectivity index (χ3v) is 9.02. The summed E-state index contributed by atoms with van der Waals surface area (Å²) in [6, 6.07) is 9.80. The van der Waals surface area contributed by atoms with Crippen LogP contribution < -0.4 is 9.47 Å². The number of hydrogen-bond acceptors (Lipinski definition) is 6. The van der Waals surface area contributed by atoms with Gasteiger partial charge in [0.1, 0.15) is 6.61 Å². The largest absolute Gasteiger partial charge is 0.454 e. The third kappa shape index (κ3) is 4.53. The maximum Gasteiger partial charge on any atom is 0.251 e. The predicted octanol–water partition coefficient (Wildman–Crippen LogP) is 5.29. The maximum atomic E-state index is 14.2. The molecule has 8 nitrogen and oxygen atoms in total. The number of aliphatic hydroxyl groups is 1. The maximum absolute atomic E-state index is 14.2. The second-order valence-electron chi connectivity index (χ2n) is 11.9. The Morgan fingerprint density at radius 1 is 0.976 bits per heavy atom. The fourth-order valence-electron chi connectivity index (χ4n) is 7.26. The molecule has 1 aromatic heterocycles. The Morgan fingerprint density at radius 2 is 1.71 bits per heavy atom. The van der Waals surface area contributed by atoms with Crippen LogP contribution in [-0.2, 0) is 16.1 Å². The quantitative estimate of drug-likeness (QED) is 0.439. The van der Waals surface area contributed by atoms with Crippen molar-refractivity contribution in [2.75, 3.05) is 26.5 Å². The van der Waals surface area contributed by atoms with Crippen molar-refractivity contribution in [1.82, 2.24) is 9.47 Å². The van der Waals surface area contributed by atoms with Gasteiger partial charge in [-0.15, -0.1) is 0 Å². The lowest BCUT2D eigenvalue weighted by Gasteiger charge is -2.35.